The highest BCUT2D eigenvalue weighted by Gasteiger charge is 2.16. The molecule has 0 radical (unpaired) electrons. The van der Waals surface area contributed by atoms with Crippen molar-refractivity contribution in [2.45, 2.75) is 50.0 Å². The van der Waals surface area contributed by atoms with Crippen molar-refractivity contribution in [2.24, 2.45) is 0 Å². The van der Waals surface area contributed by atoms with Crippen LogP contribution in [0.4, 0.5) is 0 Å². The second-order valence-corrected chi connectivity index (χ2v) is 6.84. The van der Waals surface area contributed by atoms with E-state index >= 15 is 0 Å². The Labute approximate surface area is 121 Å². The summed E-state index contributed by atoms with van der Waals surface area (Å²) in [7, 11) is -3.66. The number of rotatable bonds is 6. The molecule has 1 aliphatic rings. The van der Waals surface area contributed by atoms with E-state index in [1.807, 2.05) is 6.92 Å². The van der Waals surface area contributed by atoms with Gasteiger partial charge in [-0.15, -0.1) is 0 Å². The molecule has 0 aromatic heterocycles. The maximum atomic E-state index is 11.9. The van der Waals surface area contributed by atoms with E-state index in [1.165, 1.54) is 19.3 Å². The largest absolute Gasteiger partial charge is 0.376 e. The topological polar surface area (TPSA) is 52.6 Å². The Hall–Kier alpha value is -0.910. The summed E-state index contributed by atoms with van der Waals surface area (Å²) in [5.41, 5.74) is 1.02. The van der Waals surface area contributed by atoms with E-state index < -0.39 is 10.1 Å². The predicted molar refractivity (Wildman–Crippen MR) is 77.1 cm³/mol. The summed E-state index contributed by atoms with van der Waals surface area (Å²) >= 11 is 0. The second-order valence-electron chi connectivity index (χ2n) is 5.22. The van der Waals surface area contributed by atoms with Crippen molar-refractivity contribution < 1.29 is 17.3 Å². The van der Waals surface area contributed by atoms with Crippen molar-refractivity contribution in [1.82, 2.24) is 0 Å². The van der Waals surface area contributed by atoms with E-state index in [4.69, 9.17) is 8.92 Å². The molecule has 0 amide bonds. The van der Waals surface area contributed by atoms with Gasteiger partial charge in [-0.2, -0.15) is 8.42 Å². The lowest BCUT2D eigenvalue weighted by molar-refractivity contribution is 0.0138. The van der Waals surface area contributed by atoms with Crippen molar-refractivity contribution in [3.8, 4) is 0 Å². The van der Waals surface area contributed by atoms with Gasteiger partial charge in [0.15, 0.2) is 0 Å². The summed E-state index contributed by atoms with van der Waals surface area (Å²) in [6.45, 7) is 2.32. The second kappa shape index (κ2) is 7.20. The van der Waals surface area contributed by atoms with Crippen LogP contribution in [0.5, 0.6) is 0 Å². The zero-order chi connectivity index (χ0) is 14.4. The molecular formula is C15H22O4S. The molecule has 1 aliphatic carbocycles. The molecule has 1 saturated carbocycles. The number of aryl methyl sites for hydroxylation is 1. The van der Waals surface area contributed by atoms with Crippen LogP contribution in [0.25, 0.3) is 0 Å². The van der Waals surface area contributed by atoms with E-state index in [-0.39, 0.29) is 17.6 Å². The van der Waals surface area contributed by atoms with Gasteiger partial charge in [-0.1, -0.05) is 37.0 Å². The normalized spacial score (nSPS) is 17.2. The Kier molecular flexibility index (Phi) is 5.57. The fourth-order valence-corrected chi connectivity index (χ4v) is 3.26. The Morgan fingerprint density at radius 1 is 1.05 bits per heavy atom. The third-order valence-electron chi connectivity index (χ3n) is 3.54. The summed E-state index contributed by atoms with van der Waals surface area (Å²) < 4.78 is 34.5. The first kappa shape index (κ1) is 15.5. The van der Waals surface area contributed by atoms with Gasteiger partial charge < -0.3 is 4.74 Å². The van der Waals surface area contributed by atoms with Crippen molar-refractivity contribution in [1.29, 1.82) is 0 Å². The highest BCUT2D eigenvalue weighted by molar-refractivity contribution is 7.86. The third kappa shape index (κ3) is 4.58. The monoisotopic (exact) mass is 298 g/mol. The third-order valence-corrected chi connectivity index (χ3v) is 4.86. The van der Waals surface area contributed by atoms with Gasteiger partial charge in [0, 0.05) is 0 Å². The summed E-state index contributed by atoms with van der Waals surface area (Å²) in [5.74, 6) is 0. The molecule has 1 aromatic rings. The van der Waals surface area contributed by atoms with Gasteiger partial charge in [0.25, 0.3) is 10.1 Å². The molecular weight excluding hydrogens is 276 g/mol. The summed E-state index contributed by atoms with van der Waals surface area (Å²) in [4.78, 5) is 0.195. The molecule has 112 valence electrons. The number of hydrogen-bond acceptors (Lipinski definition) is 4. The molecule has 0 unspecified atom stereocenters. The predicted octanol–water partition coefficient (Wildman–Crippen LogP) is 3.05. The van der Waals surface area contributed by atoms with Gasteiger partial charge in [-0.3, -0.25) is 4.18 Å². The van der Waals surface area contributed by atoms with Crippen LogP contribution in [0.3, 0.4) is 0 Å². The van der Waals surface area contributed by atoms with Gasteiger partial charge in [-0.05, 0) is 31.9 Å². The van der Waals surface area contributed by atoms with Crippen molar-refractivity contribution >= 4 is 10.1 Å². The number of ether oxygens (including phenoxy) is 1. The maximum Gasteiger partial charge on any atom is 0.297 e. The lowest BCUT2D eigenvalue weighted by Gasteiger charge is -2.21. The van der Waals surface area contributed by atoms with Crippen LogP contribution in [-0.2, 0) is 19.0 Å². The first-order valence-corrected chi connectivity index (χ1v) is 8.56. The Morgan fingerprint density at radius 3 is 2.35 bits per heavy atom. The molecule has 4 nitrogen and oxygen atoms in total. The van der Waals surface area contributed by atoms with Gasteiger partial charge in [0.1, 0.15) is 0 Å². The van der Waals surface area contributed by atoms with Gasteiger partial charge >= 0.3 is 0 Å². The van der Waals surface area contributed by atoms with Gasteiger partial charge in [0.05, 0.1) is 24.2 Å². The lowest BCUT2D eigenvalue weighted by Crippen LogP contribution is -2.20. The SMILES string of the molecule is Cc1ccc(S(=O)(=O)OCCOC2CCCCC2)cc1. The zero-order valence-electron chi connectivity index (χ0n) is 11.9. The molecule has 20 heavy (non-hydrogen) atoms. The van der Waals surface area contributed by atoms with Gasteiger partial charge in [-0.25, -0.2) is 0 Å². The zero-order valence-corrected chi connectivity index (χ0v) is 12.7. The fourth-order valence-electron chi connectivity index (χ4n) is 2.36. The quantitative estimate of drug-likeness (QED) is 0.598. The van der Waals surface area contributed by atoms with Crippen LogP contribution in [0.2, 0.25) is 0 Å². The van der Waals surface area contributed by atoms with E-state index in [1.54, 1.807) is 24.3 Å². The molecule has 1 aromatic carbocycles. The van der Waals surface area contributed by atoms with Crippen molar-refractivity contribution in [2.75, 3.05) is 13.2 Å². The molecule has 0 heterocycles. The minimum absolute atomic E-state index is 0.0761. The Bertz CT molecular complexity index is 501. The molecule has 0 aliphatic heterocycles. The van der Waals surface area contributed by atoms with E-state index in [2.05, 4.69) is 0 Å². The van der Waals surface area contributed by atoms with Crippen LogP contribution in [0.15, 0.2) is 29.2 Å². The average Bonchev–Trinajstić information content (AvgIpc) is 2.45. The number of hydrogen-bond donors (Lipinski definition) is 0. The van der Waals surface area contributed by atoms with Gasteiger partial charge in [0.2, 0.25) is 0 Å². The summed E-state index contributed by atoms with van der Waals surface area (Å²) in [6.07, 6.45) is 6.10. The summed E-state index contributed by atoms with van der Waals surface area (Å²) in [5, 5.41) is 0. The molecule has 0 bridgehead atoms. The standard InChI is InChI=1S/C15H22O4S/c1-13-7-9-15(10-8-13)20(16,17)19-12-11-18-14-5-3-2-4-6-14/h7-10,14H,2-6,11-12H2,1H3. The molecule has 0 saturated heterocycles. The van der Waals surface area contributed by atoms with E-state index in [0.29, 0.717) is 6.61 Å². The first-order chi connectivity index (χ1) is 9.58. The van der Waals surface area contributed by atoms with Crippen molar-refractivity contribution in [3.63, 3.8) is 0 Å². The molecule has 0 N–H and O–H groups in total. The highest BCUT2D eigenvalue weighted by Crippen LogP contribution is 2.20. The van der Waals surface area contributed by atoms with Crippen molar-refractivity contribution in [3.05, 3.63) is 29.8 Å². The van der Waals surface area contributed by atoms with Crippen LogP contribution in [0.1, 0.15) is 37.7 Å². The fraction of sp³-hybridized carbons (Fsp3) is 0.600. The van der Waals surface area contributed by atoms with Crippen LogP contribution in [0, 0.1) is 6.92 Å². The number of benzene rings is 1. The summed E-state index contributed by atoms with van der Waals surface area (Å²) in [6, 6.07) is 6.64. The minimum atomic E-state index is -3.66. The van der Waals surface area contributed by atoms with E-state index in [0.717, 1.165) is 18.4 Å². The molecule has 5 heteroatoms. The highest BCUT2D eigenvalue weighted by atomic mass is 32.2. The van der Waals surface area contributed by atoms with Crippen LogP contribution < -0.4 is 0 Å². The molecule has 0 atom stereocenters. The molecule has 2 rings (SSSR count). The van der Waals surface area contributed by atoms with E-state index in [9.17, 15) is 8.42 Å². The maximum absolute atomic E-state index is 11.9. The van der Waals surface area contributed by atoms with Crippen LogP contribution >= 0.6 is 0 Å². The Morgan fingerprint density at radius 2 is 1.70 bits per heavy atom. The minimum Gasteiger partial charge on any atom is -0.376 e. The average molecular weight is 298 g/mol. The lowest BCUT2D eigenvalue weighted by atomic mass is 9.98. The molecule has 0 spiro atoms. The first-order valence-electron chi connectivity index (χ1n) is 7.16. The van der Waals surface area contributed by atoms with Crippen LogP contribution in [-0.4, -0.2) is 27.7 Å². The smallest absolute Gasteiger partial charge is 0.297 e. The molecule has 1 fully saturated rings. The Balaban J connectivity index is 1.76.